The zero-order valence-electron chi connectivity index (χ0n) is 9.33. The predicted octanol–water partition coefficient (Wildman–Crippen LogP) is 2.82. The highest BCUT2D eigenvalue weighted by Gasteiger charge is 2.27. The Bertz CT molecular complexity index is 557. The molecular formula is C13H15ClN2. The van der Waals surface area contributed by atoms with Crippen molar-refractivity contribution in [2.45, 2.75) is 18.8 Å². The van der Waals surface area contributed by atoms with Gasteiger partial charge in [0.15, 0.2) is 0 Å². The SMILES string of the molecule is Cn1c2c(c3cc(Cl)ccc31)CCC2CN. The minimum atomic E-state index is 0.520. The first-order valence-corrected chi connectivity index (χ1v) is 6.07. The Morgan fingerprint density at radius 2 is 2.31 bits per heavy atom. The summed E-state index contributed by atoms with van der Waals surface area (Å²) in [5.74, 6) is 0.520. The van der Waals surface area contributed by atoms with E-state index in [1.54, 1.807) is 0 Å². The van der Waals surface area contributed by atoms with E-state index in [0.29, 0.717) is 5.92 Å². The van der Waals surface area contributed by atoms with Crippen LogP contribution in [-0.4, -0.2) is 11.1 Å². The molecule has 16 heavy (non-hydrogen) atoms. The van der Waals surface area contributed by atoms with Crippen LogP contribution in [0.4, 0.5) is 0 Å². The summed E-state index contributed by atoms with van der Waals surface area (Å²) in [6, 6.07) is 6.13. The van der Waals surface area contributed by atoms with Crippen molar-refractivity contribution in [2.24, 2.45) is 12.8 Å². The summed E-state index contributed by atoms with van der Waals surface area (Å²) in [7, 11) is 2.13. The number of rotatable bonds is 1. The fourth-order valence-corrected chi connectivity index (χ4v) is 3.15. The minimum Gasteiger partial charge on any atom is -0.347 e. The molecule has 2 aromatic rings. The van der Waals surface area contributed by atoms with Crippen LogP contribution >= 0.6 is 11.6 Å². The molecule has 1 heterocycles. The standard InChI is InChI=1S/C13H15ClN2/c1-16-12-5-3-9(14)6-11(12)10-4-2-8(7-15)13(10)16/h3,5-6,8H,2,4,7,15H2,1H3. The Labute approximate surface area is 100.0 Å². The maximum absolute atomic E-state index is 6.07. The highest BCUT2D eigenvalue weighted by molar-refractivity contribution is 6.31. The van der Waals surface area contributed by atoms with Crippen LogP contribution in [0, 0.1) is 0 Å². The molecule has 2 N–H and O–H groups in total. The second-order valence-electron chi connectivity index (χ2n) is 4.56. The van der Waals surface area contributed by atoms with E-state index < -0.39 is 0 Å². The molecule has 1 aliphatic carbocycles. The average Bonchev–Trinajstić information content (AvgIpc) is 2.80. The quantitative estimate of drug-likeness (QED) is 0.808. The van der Waals surface area contributed by atoms with Gasteiger partial charge < -0.3 is 10.3 Å². The summed E-state index contributed by atoms with van der Waals surface area (Å²) in [5.41, 5.74) is 9.97. The van der Waals surface area contributed by atoms with Crippen LogP contribution in [0.5, 0.6) is 0 Å². The number of fused-ring (bicyclic) bond motifs is 3. The molecule has 0 bridgehead atoms. The lowest BCUT2D eigenvalue weighted by atomic mass is 10.1. The number of halogens is 1. The summed E-state index contributed by atoms with van der Waals surface area (Å²) in [6.07, 6.45) is 2.31. The molecule has 3 heteroatoms. The second-order valence-corrected chi connectivity index (χ2v) is 4.99. The van der Waals surface area contributed by atoms with Gasteiger partial charge in [-0.25, -0.2) is 0 Å². The molecule has 0 saturated heterocycles. The molecule has 0 amide bonds. The zero-order valence-corrected chi connectivity index (χ0v) is 10.1. The van der Waals surface area contributed by atoms with Gasteiger partial charge in [-0.1, -0.05) is 11.6 Å². The van der Waals surface area contributed by atoms with E-state index >= 15 is 0 Å². The van der Waals surface area contributed by atoms with Gasteiger partial charge in [-0.15, -0.1) is 0 Å². The molecule has 1 aromatic heterocycles. The van der Waals surface area contributed by atoms with Crippen LogP contribution in [0.3, 0.4) is 0 Å². The molecule has 2 nitrogen and oxygen atoms in total. The molecule has 0 spiro atoms. The normalized spacial score (nSPS) is 19.3. The smallest absolute Gasteiger partial charge is 0.0483 e. The monoisotopic (exact) mass is 234 g/mol. The molecule has 0 aliphatic heterocycles. The second kappa shape index (κ2) is 3.51. The maximum Gasteiger partial charge on any atom is 0.0483 e. The summed E-state index contributed by atoms with van der Waals surface area (Å²) >= 11 is 6.07. The molecule has 1 unspecified atom stereocenters. The third-order valence-electron chi connectivity index (χ3n) is 3.73. The van der Waals surface area contributed by atoms with E-state index in [0.717, 1.165) is 18.0 Å². The molecule has 0 radical (unpaired) electrons. The third-order valence-corrected chi connectivity index (χ3v) is 3.96. The fourth-order valence-electron chi connectivity index (χ4n) is 2.98. The van der Waals surface area contributed by atoms with Gasteiger partial charge in [0.2, 0.25) is 0 Å². The van der Waals surface area contributed by atoms with Crippen molar-refractivity contribution < 1.29 is 0 Å². The minimum absolute atomic E-state index is 0.520. The first-order valence-electron chi connectivity index (χ1n) is 5.69. The van der Waals surface area contributed by atoms with E-state index in [9.17, 15) is 0 Å². The van der Waals surface area contributed by atoms with Crippen molar-refractivity contribution in [3.05, 3.63) is 34.5 Å². The van der Waals surface area contributed by atoms with E-state index in [-0.39, 0.29) is 0 Å². The number of aromatic nitrogens is 1. The zero-order chi connectivity index (χ0) is 11.3. The first-order chi connectivity index (χ1) is 7.72. The van der Waals surface area contributed by atoms with Crippen molar-refractivity contribution in [3.8, 4) is 0 Å². The fraction of sp³-hybridized carbons (Fsp3) is 0.385. The first kappa shape index (κ1) is 10.2. The van der Waals surface area contributed by atoms with Gasteiger partial charge in [0.25, 0.3) is 0 Å². The van der Waals surface area contributed by atoms with Crippen molar-refractivity contribution >= 4 is 22.5 Å². The van der Waals surface area contributed by atoms with E-state index in [1.165, 1.54) is 28.6 Å². The lowest BCUT2D eigenvalue weighted by molar-refractivity contribution is 0.649. The van der Waals surface area contributed by atoms with Gasteiger partial charge in [0, 0.05) is 41.1 Å². The molecule has 84 valence electrons. The van der Waals surface area contributed by atoms with Gasteiger partial charge in [-0.3, -0.25) is 0 Å². The average molecular weight is 235 g/mol. The van der Waals surface area contributed by atoms with Gasteiger partial charge in [0.05, 0.1) is 0 Å². The molecule has 3 rings (SSSR count). The maximum atomic E-state index is 6.07. The number of nitrogens with two attached hydrogens (primary N) is 1. The number of nitrogens with zero attached hydrogens (tertiary/aromatic N) is 1. The molecule has 0 fully saturated rings. The van der Waals surface area contributed by atoms with Crippen LogP contribution in [0.25, 0.3) is 10.9 Å². The van der Waals surface area contributed by atoms with E-state index in [4.69, 9.17) is 17.3 Å². The van der Waals surface area contributed by atoms with Crippen molar-refractivity contribution in [3.63, 3.8) is 0 Å². The summed E-state index contributed by atoms with van der Waals surface area (Å²) in [6.45, 7) is 0.741. The third kappa shape index (κ3) is 1.23. The van der Waals surface area contributed by atoms with Crippen molar-refractivity contribution in [1.82, 2.24) is 4.57 Å². The lowest BCUT2D eigenvalue weighted by Crippen LogP contribution is -2.12. The molecule has 1 aliphatic rings. The molecule has 0 saturated carbocycles. The Morgan fingerprint density at radius 1 is 1.50 bits per heavy atom. The van der Waals surface area contributed by atoms with Crippen LogP contribution in [0.2, 0.25) is 5.02 Å². The molecule has 1 aromatic carbocycles. The van der Waals surface area contributed by atoms with Crippen LogP contribution < -0.4 is 5.73 Å². The van der Waals surface area contributed by atoms with Gasteiger partial charge in [-0.05, 0) is 36.6 Å². The van der Waals surface area contributed by atoms with Crippen molar-refractivity contribution in [2.75, 3.05) is 6.54 Å². The molecule has 1 atom stereocenters. The number of benzene rings is 1. The summed E-state index contributed by atoms with van der Waals surface area (Å²) < 4.78 is 2.28. The predicted molar refractivity (Wildman–Crippen MR) is 68.0 cm³/mol. The largest absolute Gasteiger partial charge is 0.347 e. The van der Waals surface area contributed by atoms with Gasteiger partial charge in [0.1, 0.15) is 0 Å². The van der Waals surface area contributed by atoms with Crippen LogP contribution in [0.1, 0.15) is 23.6 Å². The highest BCUT2D eigenvalue weighted by Crippen LogP contribution is 2.39. The van der Waals surface area contributed by atoms with Gasteiger partial charge in [-0.2, -0.15) is 0 Å². The van der Waals surface area contributed by atoms with Gasteiger partial charge >= 0.3 is 0 Å². The Morgan fingerprint density at radius 3 is 3.06 bits per heavy atom. The Kier molecular flexibility index (Phi) is 2.23. The van der Waals surface area contributed by atoms with E-state index in [2.05, 4.69) is 23.7 Å². The van der Waals surface area contributed by atoms with E-state index in [1.807, 2.05) is 6.07 Å². The van der Waals surface area contributed by atoms with Crippen LogP contribution in [-0.2, 0) is 13.5 Å². The topological polar surface area (TPSA) is 30.9 Å². The van der Waals surface area contributed by atoms with Crippen molar-refractivity contribution in [1.29, 1.82) is 0 Å². The molecular weight excluding hydrogens is 220 g/mol. The summed E-state index contributed by atoms with van der Waals surface area (Å²) in [5, 5.41) is 2.12. The Hall–Kier alpha value is -0.990. The number of aryl methyl sites for hydroxylation is 2. The number of hydrogen-bond acceptors (Lipinski definition) is 1. The summed E-state index contributed by atoms with van der Waals surface area (Å²) in [4.78, 5) is 0. The lowest BCUT2D eigenvalue weighted by Gasteiger charge is -2.10. The Balaban J connectivity index is 2.34. The highest BCUT2D eigenvalue weighted by atomic mass is 35.5. The van der Waals surface area contributed by atoms with Crippen LogP contribution in [0.15, 0.2) is 18.2 Å². The number of hydrogen-bond donors (Lipinski definition) is 1.